The van der Waals surface area contributed by atoms with Crippen molar-refractivity contribution in [3.8, 4) is 22.5 Å². The van der Waals surface area contributed by atoms with Crippen molar-refractivity contribution in [2.45, 2.75) is 0 Å². The van der Waals surface area contributed by atoms with Crippen molar-refractivity contribution < 1.29 is 9.31 Å². The number of nitrogen functional groups attached to an aromatic ring is 1. The summed E-state index contributed by atoms with van der Waals surface area (Å²) in [6, 6.07) is 13.6. The van der Waals surface area contributed by atoms with Crippen LogP contribution in [0.3, 0.4) is 0 Å². The average molecular weight is 310 g/mol. The van der Waals surface area contributed by atoms with Gasteiger partial charge in [0.15, 0.2) is 0 Å². The molecule has 23 heavy (non-hydrogen) atoms. The van der Waals surface area contributed by atoms with E-state index in [-0.39, 0.29) is 11.6 Å². The van der Waals surface area contributed by atoms with Crippen molar-refractivity contribution in [2.75, 3.05) is 5.73 Å². The number of benzene rings is 2. The molecule has 2 N–H and O–H groups in total. The number of aromatic nitrogens is 2. The summed E-state index contributed by atoms with van der Waals surface area (Å²) in [5, 5.41) is 10.9. The second kappa shape index (κ2) is 5.80. The molecule has 1 heterocycles. The molecule has 0 saturated carbocycles. The summed E-state index contributed by atoms with van der Waals surface area (Å²) in [5.41, 5.74) is 7.63. The predicted octanol–water partition coefficient (Wildman–Crippen LogP) is 3.44. The van der Waals surface area contributed by atoms with Crippen LogP contribution in [0, 0.1) is 15.9 Å². The van der Waals surface area contributed by atoms with Crippen molar-refractivity contribution >= 4 is 11.6 Å². The molecule has 0 fully saturated rings. The van der Waals surface area contributed by atoms with E-state index in [1.165, 1.54) is 24.3 Å². The SMILES string of the molecule is Nc1nc(-c2cccc(F)c2)cc(-c2cccc([N+](=O)[O-])c2)n1. The molecule has 0 spiro atoms. The number of nitrogens with two attached hydrogens (primary N) is 1. The van der Waals surface area contributed by atoms with Gasteiger partial charge in [0, 0.05) is 23.3 Å². The number of rotatable bonds is 3. The van der Waals surface area contributed by atoms with E-state index in [9.17, 15) is 14.5 Å². The van der Waals surface area contributed by atoms with E-state index in [1.54, 1.807) is 30.3 Å². The summed E-state index contributed by atoms with van der Waals surface area (Å²) < 4.78 is 13.4. The molecule has 3 aromatic rings. The Morgan fingerprint density at radius 3 is 2.17 bits per heavy atom. The maximum absolute atomic E-state index is 13.4. The second-order valence-electron chi connectivity index (χ2n) is 4.81. The third-order valence-corrected chi connectivity index (χ3v) is 3.22. The fourth-order valence-electron chi connectivity index (χ4n) is 2.19. The molecule has 0 amide bonds. The number of anilines is 1. The van der Waals surface area contributed by atoms with Crippen LogP contribution in [0.5, 0.6) is 0 Å². The highest BCUT2D eigenvalue weighted by Gasteiger charge is 2.11. The maximum atomic E-state index is 13.4. The molecule has 6 nitrogen and oxygen atoms in total. The van der Waals surface area contributed by atoms with Gasteiger partial charge in [-0.15, -0.1) is 0 Å². The van der Waals surface area contributed by atoms with Crippen LogP contribution >= 0.6 is 0 Å². The Morgan fingerprint density at radius 1 is 0.957 bits per heavy atom. The molecule has 0 aliphatic rings. The number of hydrogen-bond donors (Lipinski definition) is 1. The van der Waals surface area contributed by atoms with Crippen LogP contribution in [-0.4, -0.2) is 14.9 Å². The van der Waals surface area contributed by atoms with E-state index in [1.807, 2.05) is 0 Å². The molecule has 0 radical (unpaired) electrons. The first-order valence-corrected chi connectivity index (χ1v) is 6.68. The van der Waals surface area contributed by atoms with Gasteiger partial charge in [0.1, 0.15) is 5.82 Å². The van der Waals surface area contributed by atoms with E-state index >= 15 is 0 Å². The normalized spacial score (nSPS) is 10.5. The van der Waals surface area contributed by atoms with Crippen molar-refractivity contribution in [1.82, 2.24) is 9.97 Å². The van der Waals surface area contributed by atoms with Gasteiger partial charge in [0.2, 0.25) is 5.95 Å². The Kier molecular flexibility index (Phi) is 3.68. The number of nitro groups is 1. The van der Waals surface area contributed by atoms with Crippen molar-refractivity contribution in [3.05, 3.63) is 70.5 Å². The van der Waals surface area contributed by atoms with Gasteiger partial charge in [-0.25, -0.2) is 14.4 Å². The molecule has 0 unspecified atom stereocenters. The lowest BCUT2D eigenvalue weighted by atomic mass is 10.1. The number of non-ortho nitro benzene ring substituents is 1. The summed E-state index contributed by atoms with van der Waals surface area (Å²) in [5.74, 6) is -0.384. The third-order valence-electron chi connectivity index (χ3n) is 3.22. The standard InChI is InChI=1S/C16H11FN4O2/c17-12-5-1-3-10(7-12)14-9-15(20-16(18)19-14)11-4-2-6-13(8-11)21(22)23/h1-9H,(H2,18,19,20). The molecule has 0 saturated heterocycles. The van der Waals surface area contributed by atoms with Crippen LogP contribution in [-0.2, 0) is 0 Å². The molecular weight excluding hydrogens is 299 g/mol. The Bertz CT molecular complexity index is 899. The lowest BCUT2D eigenvalue weighted by molar-refractivity contribution is -0.384. The minimum Gasteiger partial charge on any atom is -0.368 e. The van der Waals surface area contributed by atoms with E-state index in [0.29, 0.717) is 22.5 Å². The van der Waals surface area contributed by atoms with Gasteiger partial charge >= 0.3 is 0 Å². The smallest absolute Gasteiger partial charge is 0.270 e. The zero-order chi connectivity index (χ0) is 16.4. The van der Waals surface area contributed by atoms with Crippen LogP contribution in [0.4, 0.5) is 16.0 Å². The minimum absolute atomic E-state index is 0.00765. The molecule has 0 atom stereocenters. The fourth-order valence-corrected chi connectivity index (χ4v) is 2.19. The van der Waals surface area contributed by atoms with Gasteiger partial charge in [-0.05, 0) is 18.2 Å². The van der Waals surface area contributed by atoms with Crippen LogP contribution < -0.4 is 5.73 Å². The van der Waals surface area contributed by atoms with Crippen molar-refractivity contribution in [2.24, 2.45) is 0 Å². The lowest BCUT2D eigenvalue weighted by Gasteiger charge is -2.06. The van der Waals surface area contributed by atoms with Crippen molar-refractivity contribution in [1.29, 1.82) is 0 Å². The van der Waals surface area contributed by atoms with E-state index in [2.05, 4.69) is 9.97 Å². The van der Waals surface area contributed by atoms with Gasteiger partial charge in [-0.2, -0.15) is 0 Å². The molecule has 114 valence electrons. The molecular formula is C16H11FN4O2. The maximum Gasteiger partial charge on any atom is 0.270 e. The Morgan fingerprint density at radius 2 is 1.57 bits per heavy atom. The fraction of sp³-hybridized carbons (Fsp3) is 0. The molecule has 1 aromatic heterocycles. The average Bonchev–Trinajstić information content (AvgIpc) is 2.54. The second-order valence-corrected chi connectivity index (χ2v) is 4.81. The van der Waals surface area contributed by atoms with E-state index in [4.69, 9.17) is 5.73 Å². The molecule has 2 aromatic carbocycles. The zero-order valence-electron chi connectivity index (χ0n) is 11.8. The third kappa shape index (κ3) is 3.13. The van der Waals surface area contributed by atoms with Crippen LogP contribution in [0.1, 0.15) is 0 Å². The number of nitrogens with zero attached hydrogens (tertiary/aromatic N) is 3. The summed E-state index contributed by atoms with van der Waals surface area (Å²) >= 11 is 0. The van der Waals surface area contributed by atoms with Crippen LogP contribution in [0.15, 0.2) is 54.6 Å². The number of halogens is 1. The molecule has 3 rings (SSSR count). The predicted molar refractivity (Wildman–Crippen MR) is 83.9 cm³/mol. The van der Waals surface area contributed by atoms with E-state index in [0.717, 1.165) is 0 Å². The molecule has 7 heteroatoms. The summed E-state index contributed by atoms with van der Waals surface area (Å²) in [6.07, 6.45) is 0. The Hall–Kier alpha value is -3.35. The van der Waals surface area contributed by atoms with Gasteiger partial charge in [-0.1, -0.05) is 24.3 Å². The van der Waals surface area contributed by atoms with Gasteiger partial charge in [-0.3, -0.25) is 10.1 Å². The van der Waals surface area contributed by atoms with E-state index < -0.39 is 10.7 Å². The summed E-state index contributed by atoms with van der Waals surface area (Å²) in [6.45, 7) is 0. The topological polar surface area (TPSA) is 94.9 Å². The molecule has 0 bridgehead atoms. The Labute approximate surface area is 130 Å². The lowest BCUT2D eigenvalue weighted by Crippen LogP contribution is -1.99. The highest BCUT2D eigenvalue weighted by atomic mass is 19.1. The zero-order valence-corrected chi connectivity index (χ0v) is 11.8. The highest BCUT2D eigenvalue weighted by molar-refractivity contribution is 5.70. The Balaban J connectivity index is 2.11. The molecule has 0 aliphatic heterocycles. The number of nitro benzene ring substituents is 1. The summed E-state index contributed by atoms with van der Waals surface area (Å²) in [4.78, 5) is 18.6. The minimum atomic E-state index is -0.485. The van der Waals surface area contributed by atoms with Gasteiger partial charge in [0.25, 0.3) is 5.69 Å². The quantitative estimate of drug-likeness (QED) is 0.590. The monoisotopic (exact) mass is 310 g/mol. The number of hydrogen-bond acceptors (Lipinski definition) is 5. The van der Waals surface area contributed by atoms with Gasteiger partial charge < -0.3 is 5.73 Å². The first kappa shape index (κ1) is 14.6. The van der Waals surface area contributed by atoms with Crippen molar-refractivity contribution in [3.63, 3.8) is 0 Å². The first-order chi connectivity index (χ1) is 11.0. The van der Waals surface area contributed by atoms with Crippen LogP contribution in [0.2, 0.25) is 0 Å². The van der Waals surface area contributed by atoms with Crippen LogP contribution in [0.25, 0.3) is 22.5 Å². The largest absolute Gasteiger partial charge is 0.368 e. The van der Waals surface area contributed by atoms with Gasteiger partial charge in [0.05, 0.1) is 16.3 Å². The molecule has 0 aliphatic carbocycles. The highest BCUT2D eigenvalue weighted by Crippen LogP contribution is 2.27. The summed E-state index contributed by atoms with van der Waals surface area (Å²) in [7, 11) is 0. The first-order valence-electron chi connectivity index (χ1n) is 6.68.